The number of aliphatic hydroxyl groups excluding tert-OH is 1. The number of benzene rings is 2. The third-order valence-corrected chi connectivity index (χ3v) is 8.26. The van der Waals surface area contributed by atoms with Gasteiger partial charge in [0.15, 0.2) is 0 Å². The second kappa shape index (κ2) is 9.06. The van der Waals surface area contributed by atoms with Crippen LogP contribution in [0.15, 0.2) is 48.5 Å². The summed E-state index contributed by atoms with van der Waals surface area (Å²) in [5.41, 5.74) is 1.64. The number of aryl methyl sites for hydroxylation is 1. The summed E-state index contributed by atoms with van der Waals surface area (Å²) >= 11 is 7.45. The minimum absolute atomic E-state index is 0.00433. The Morgan fingerprint density at radius 1 is 0.939 bits per heavy atom. The third kappa shape index (κ3) is 4.26. The van der Waals surface area contributed by atoms with Gasteiger partial charge in [-0.2, -0.15) is 0 Å². The Morgan fingerprint density at radius 3 is 2.33 bits per heavy atom. The van der Waals surface area contributed by atoms with Gasteiger partial charge in [-0.3, -0.25) is 14.5 Å². The number of hydrogen-bond acceptors (Lipinski definition) is 5. The van der Waals surface area contributed by atoms with Gasteiger partial charge in [0, 0.05) is 54.6 Å². The summed E-state index contributed by atoms with van der Waals surface area (Å²) in [6.07, 6.45) is -0.595. The first-order valence-electron chi connectivity index (χ1n) is 11.2. The summed E-state index contributed by atoms with van der Waals surface area (Å²) < 4.78 is 1.11. The number of likely N-dealkylation sites (tertiary alicyclic amines) is 1. The zero-order valence-corrected chi connectivity index (χ0v) is 20.0. The number of rotatable bonds is 3. The molecule has 0 aliphatic carbocycles. The minimum Gasteiger partial charge on any atom is -0.390 e. The highest BCUT2D eigenvalue weighted by Crippen LogP contribution is 2.32. The number of halogens is 1. The van der Waals surface area contributed by atoms with Crippen LogP contribution in [0.25, 0.3) is 10.1 Å². The molecule has 8 heteroatoms. The molecule has 0 spiro atoms. The van der Waals surface area contributed by atoms with Crippen molar-refractivity contribution in [1.29, 1.82) is 0 Å². The highest BCUT2D eigenvalue weighted by atomic mass is 35.5. The van der Waals surface area contributed by atoms with Gasteiger partial charge in [0.2, 0.25) is 0 Å². The fraction of sp³-hybridized carbons (Fsp3) is 0.360. The molecule has 2 aromatic carbocycles. The van der Waals surface area contributed by atoms with Gasteiger partial charge >= 0.3 is 0 Å². The van der Waals surface area contributed by atoms with Gasteiger partial charge in [0.05, 0.1) is 17.0 Å². The first-order valence-corrected chi connectivity index (χ1v) is 12.4. The summed E-state index contributed by atoms with van der Waals surface area (Å²) in [6, 6.07) is 14.9. The molecule has 2 amide bonds. The van der Waals surface area contributed by atoms with Gasteiger partial charge in [0.1, 0.15) is 0 Å². The second-order valence-electron chi connectivity index (χ2n) is 8.73. The third-order valence-electron chi connectivity index (χ3n) is 6.75. The predicted octanol–water partition coefficient (Wildman–Crippen LogP) is 3.51. The lowest BCUT2D eigenvalue weighted by molar-refractivity contribution is 0.0376. The number of piperazine rings is 1. The average Bonchev–Trinajstić information content (AvgIpc) is 3.39. The maximum atomic E-state index is 13.3. The SMILES string of the molecule is Cc1c(C(=O)N2CC(O)C(N3CCN(C(=O)c4ccc(Cl)cc4)CC3)C2)sc2ccccc12. The number of aliphatic hydroxyl groups is 1. The molecule has 172 valence electrons. The lowest BCUT2D eigenvalue weighted by atomic mass is 10.1. The van der Waals surface area contributed by atoms with Crippen LogP contribution >= 0.6 is 22.9 Å². The van der Waals surface area contributed by atoms with Crippen molar-refractivity contribution in [3.05, 3.63) is 69.6 Å². The van der Waals surface area contributed by atoms with Gasteiger partial charge in [0.25, 0.3) is 11.8 Å². The van der Waals surface area contributed by atoms with E-state index in [2.05, 4.69) is 4.90 Å². The topological polar surface area (TPSA) is 64.1 Å². The molecule has 5 rings (SSSR count). The van der Waals surface area contributed by atoms with Crippen LogP contribution in [0.5, 0.6) is 0 Å². The Kier molecular flexibility index (Phi) is 6.14. The van der Waals surface area contributed by atoms with E-state index in [1.807, 2.05) is 36.1 Å². The molecule has 33 heavy (non-hydrogen) atoms. The normalized spacial score (nSPS) is 21.7. The van der Waals surface area contributed by atoms with E-state index >= 15 is 0 Å². The maximum absolute atomic E-state index is 13.3. The largest absolute Gasteiger partial charge is 0.390 e. The van der Waals surface area contributed by atoms with Crippen molar-refractivity contribution < 1.29 is 14.7 Å². The molecular weight excluding hydrogens is 458 g/mol. The van der Waals surface area contributed by atoms with Crippen molar-refractivity contribution >= 4 is 44.8 Å². The van der Waals surface area contributed by atoms with Gasteiger partial charge in [-0.15, -0.1) is 11.3 Å². The van der Waals surface area contributed by atoms with Crippen LogP contribution in [0, 0.1) is 6.92 Å². The number of hydrogen-bond donors (Lipinski definition) is 1. The molecule has 2 saturated heterocycles. The minimum atomic E-state index is -0.595. The van der Waals surface area contributed by atoms with E-state index in [0.717, 1.165) is 20.5 Å². The van der Waals surface area contributed by atoms with Crippen LogP contribution in [0.3, 0.4) is 0 Å². The summed E-state index contributed by atoms with van der Waals surface area (Å²) in [5.74, 6) is -0.0119. The molecular formula is C25H26ClN3O3S. The number of fused-ring (bicyclic) bond motifs is 1. The first-order chi connectivity index (χ1) is 15.9. The standard InChI is InChI=1S/C25H26ClN3O3S/c1-16-19-4-2-3-5-22(19)33-23(16)25(32)29-14-20(21(30)15-29)27-10-12-28(13-11-27)24(31)17-6-8-18(26)9-7-17/h2-9,20-21,30H,10-15H2,1H3. The zero-order chi connectivity index (χ0) is 23.1. The molecule has 3 aromatic rings. The van der Waals surface area contributed by atoms with E-state index in [-0.39, 0.29) is 17.9 Å². The van der Waals surface area contributed by atoms with E-state index in [4.69, 9.17) is 11.6 Å². The van der Waals surface area contributed by atoms with E-state index in [1.54, 1.807) is 29.2 Å². The van der Waals surface area contributed by atoms with Gasteiger partial charge in [-0.25, -0.2) is 0 Å². The van der Waals surface area contributed by atoms with Crippen molar-refractivity contribution in [3.63, 3.8) is 0 Å². The van der Waals surface area contributed by atoms with Crippen LogP contribution in [0.4, 0.5) is 0 Å². The Morgan fingerprint density at radius 2 is 1.64 bits per heavy atom. The molecule has 2 aliphatic heterocycles. The molecule has 2 atom stereocenters. The number of thiophene rings is 1. The zero-order valence-electron chi connectivity index (χ0n) is 18.4. The van der Waals surface area contributed by atoms with Gasteiger partial charge < -0.3 is 14.9 Å². The van der Waals surface area contributed by atoms with Crippen LogP contribution < -0.4 is 0 Å². The van der Waals surface area contributed by atoms with E-state index < -0.39 is 6.10 Å². The average molecular weight is 484 g/mol. The number of carbonyl (C=O) groups is 2. The Hall–Kier alpha value is -2.45. The summed E-state index contributed by atoms with van der Waals surface area (Å²) in [7, 11) is 0. The van der Waals surface area contributed by atoms with Crippen molar-refractivity contribution in [1.82, 2.24) is 14.7 Å². The molecule has 1 N–H and O–H groups in total. The van der Waals surface area contributed by atoms with Crippen LogP contribution in [-0.4, -0.2) is 83.0 Å². The second-order valence-corrected chi connectivity index (χ2v) is 10.2. The lowest BCUT2D eigenvalue weighted by Crippen LogP contribution is -2.54. The van der Waals surface area contributed by atoms with Crippen LogP contribution in [0.2, 0.25) is 5.02 Å². The Bertz CT molecular complexity index is 1190. The van der Waals surface area contributed by atoms with Gasteiger partial charge in [-0.1, -0.05) is 29.8 Å². The quantitative estimate of drug-likeness (QED) is 0.619. The monoisotopic (exact) mass is 483 g/mol. The van der Waals surface area contributed by atoms with E-state index in [1.165, 1.54) is 11.3 Å². The highest BCUT2D eigenvalue weighted by Gasteiger charge is 2.40. The molecule has 2 aliphatic rings. The van der Waals surface area contributed by atoms with Crippen LogP contribution in [0.1, 0.15) is 25.6 Å². The molecule has 0 bridgehead atoms. The van der Waals surface area contributed by atoms with Gasteiger partial charge in [-0.05, 0) is 48.2 Å². The summed E-state index contributed by atoms with van der Waals surface area (Å²) in [6.45, 7) is 5.35. The van der Waals surface area contributed by atoms with Crippen molar-refractivity contribution in [2.45, 2.75) is 19.1 Å². The lowest BCUT2D eigenvalue weighted by Gasteiger charge is -2.38. The number of carbonyl (C=O) groups excluding carboxylic acids is 2. The van der Waals surface area contributed by atoms with Crippen LogP contribution in [-0.2, 0) is 0 Å². The van der Waals surface area contributed by atoms with E-state index in [0.29, 0.717) is 49.9 Å². The van der Waals surface area contributed by atoms with E-state index in [9.17, 15) is 14.7 Å². The fourth-order valence-corrected chi connectivity index (χ4v) is 6.15. The molecule has 6 nitrogen and oxygen atoms in total. The fourth-order valence-electron chi connectivity index (χ4n) is 4.85. The number of β-amino-alcohol motifs (C(OH)–C–C–N with tert-alkyl or cyclic N) is 1. The molecule has 2 fully saturated rings. The molecule has 2 unspecified atom stereocenters. The predicted molar refractivity (Wildman–Crippen MR) is 131 cm³/mol. The summed E-state index contributed by atoms with van der Waals surface area (Å²) in [4.78, 5) is 32.6. The number of amides is 2. The first kappa shape index (κ1) is 22.3. The highest BCUT2D eigenvalue weighted by molar-refractivity contribution is 7.21. The maximum Gasteiger partial charge on any atom is 0.264 e. The van der Waals surface area contributed by atoms with Crippen molar-refractivity contribution in [2.24, 2.45) is 0 Å². The molecule has 3 heterocycles. The smallest absolute Gasteiger partial charge is 0.264 e. The summed E-state index contributed by atoms with van der Waals surface area (Å²) in [5, 5.41) is 12.5. The molecule has 0 radical (unpaired) electrons. The molecule has 0 saturated carbocycles. The number of nitrogens with zero attached hydrogens (tertiary/aromatic N) is 3. The molecule has 1 aromatic heterocycles. The van der Waals surface area contributed by atoms with Crippen molar-refractivity contribution in [2.75, 3.05) is 39.3 Å². The Balaban J connectivity index is 1.22. The van der Waals surface area contributed by atoms with Crippen molar-refractivity contribution in [3.8, 4) is 0 Å². The Labute approximate surface area is 202 Å².